The molecule has 2 heterocycles. The number of carbonyl (C=O) groups is 1. The Morgan fingerprint density at radius 2 is 2.16 bits per heavy atom. The van der Waals surface area contributed by atoms with Gasteiger partial charge in [0, 0.05) is 25.4 Å². The molecule has 0 saturated carbocycles. The number of aryl methyl sites for hydroxylation is 1. The van der Waals surface area contributed by atoms with Gasteiger partial charge in [0.15, 0.2) is 0 Å². The zero-order valence-electron chi connectivity index (χ0n) is 15.7. The molecule has 0 aliphatic carbocycles. The predicted octanol–water partition coefficient (Wildman–Crippen LogP) is 3.03. The number of imidazole rings is 1. The molecule has 2 aromatic heterocycles. The Kier molecular flexibility index (Phi) is 5.98. The van der Waals surface area contributed by atoms with E-state index in [1.807, 2.05) is 25.3 Å². The van der Waals surface area contributed by atoms with Crippen LogP contribution in [0.3, 0.4) is 0 Å². The SMILES string of the molecule is CCN(Cc1c(C)nc2cc(/C=C/C(=O)NO)ccn12)CC(C)(C)C. The van der Waals surface area contributed by atoms with Gasteiger partial charge in [0.2, 0.25) is 0 Å². The van der Waals surface area contributed by atoms with E-state index in [0.29, 0.717) is 0 Å². The van der Waals surface area contributed by atoms with Gasteiger partial charge >= 0.3 is 0 Å². The Balaban J connectivity index is 2.28. The van der Waals surface area contributed by atoms with Gasteiger partial charge in [-0.25, -0.2) is 10.5 Å². The number of carbonyl (C=O) groups excluding carboxylic acids is 1. The number of amides is 1. The average molecular weight is 344 g/mol. The molecule has 2 rings (SSSR count). The number of aromatic nitrogens is 2. The van der Waals surface area contributed by atoms with Gasteiger partial charge in [0.1, 0.15) is 5.65 Å². The number of nitrogens with zero attached hydrogens (tertiary/aromatic N) is 3. The van der Waals surface area contributed by atoms with Gasteiger partial charge in [-0.15, -0.1) is 0 Å². The molecule has 0 bridgehead atoms. The molecule has 0 unspecified atom stereocenters. The van der Waals surface area contributed by atoms with Crippen LogP contribution in [0.2, 0.25) is 0 Å². The molecule has 0 saturated heterocycles. The highest BCUT2D eigenvalue weighted by molar-refractivity contribution is 5.90. The fourth-order valence-corrected chi connectivity index (χ4v) is 2.89. The van der Waals surface area contributed by atoms with Crippen LogP contribution in [0, 0.1) is 12.3 Å². The highest BCUT2D eigenvalue weighted by Crippen LogP contribution is 2.20. The van der Waals surface area contributed by atoms with Crippen molar-refractivity contribution < 1.29 is 10.0 Å². The van der Waals surface area contributed by atoms with Crippen LogP contribution < -0.4 is 5.48 Å². The van der Waals surface area contributed by atoms with Gasteiger partial charge in [0.05, 0.1) is 11.4 Å². The zero-order valence-corrected chi connectivity index (χ0v) is 15.7. The third kappa shape index (κ3) is 5.14. The minimum atomic E-state index is -0.555. The van der Waals surface area contributed by atoms with E-state index in [9.17, 15) is 4.79 Å². The minimum Gasteiger partial charge on any atom is -0.302 e. The fraction of sp³-hybridized carbons (Fsp3) is 0.474. The lowest BCUT2D eigenvalue weighted by molar-refractivity contribution is -0.124. The molecule has 6 nitrogen and oxygen atoms in total. The maximum atomic E-state index is 11.1. The van der Waals surface area contributed by atoms with Crippen LogP contribution in [0.15, 0.2) is 24.4 Å². The summed E-state index contributed by atoms with van der Waals surface area (Å²) in [5.41, 5.74) is 5.73. The van der Waals surface area contributed by atoms with E-state index in [1.54, 1.807) is 11.6 Å². The number of pyridine rings is 1. The van der Waals surface area contributed by atoms with Crippen molar-refractivity contribution in [3.8, 4) is 0 Å². The van der Waals surface area contributed by atoms with Crippen LogP contribution in [0.5, 0.6) is 0 Å². The quantitative estimate of drug-likeness (QED) is 0.480. The first-order chi connectivity index (χ1) is 11.7. The molecule has 0 aliphatic rings. The van der Waals surface area contributed by atoms with Crippen LogP contribution in [0.4, 0.5) is 0 Å². The predicted molar refractivity (Wildman–Crippen MR) is 99.3 cm³/mol. The summed E-state index contributed by atoms with van der Waals surface area (Å²) in [6.45, 7) is 13.8. The molecule has 0 spiro atoms. The molecule has 0 fully saturated rings. The van der Waals surface area contributed by atoms with Gasteiger partial charge in [-0.05, 0) is 42.7 Å². The Morgan fingerprint density at radius 1 is 1.44 bits per heavy atom. The highest BCUT2D eigenvalue weighted by atomic mass is 16.5. The number of hydroxylamine groups is 1. The molecule has 2 aromatic rings. The summed E-state index contributed by atoms with van der Waals surface area (Å²) in [6.07, 6.45) is 4.91. The molecule has 2 N–H and O–H groups in total. The average Bonchev–Trinajstić information content (AvgIpc) is 2.85. The summed E-state index contributed by atoms with van der Waals surface area (Å²) in [7, 11) is 0. The van der Waals surface area contributed by atoms with Gasteiger partial charge in [-0.1, -0.05) is 27.7 Å². The summed E-state index contributed by atoms with van der Waals surface area (Å²) in [5.74, 6) is -0.555. The smallest absolute Gasteiger partial charge is 0.267 e. The van der Waals surface area contributed by atoms with E-state index in [1.165, 1.54) is 11.8 Å². The van der Waals surface area contributed by atoms with Crippen LogP contribution in [-0.4, -0.2) is 38.5 Å². The monoisotopic (exact) mass is 344 g/mol. The second-order valence-electron chi connectivity index (χ2n) is 7.51. The van der Waals surface area contributed by atoms with Gasteiger partial charge in [0.25, 0.3) is 5.91 Å². The van der Waals surface area contributed by atoms with Gasteiger partial charge in [-0.2, -0.15) is 0 Å². The molecule has 6 heteroatoms. The van der Waals surface area contributed by atoms with Crippen molar-refractivity contribution in [3.05, 3.63) is 41.4 Å². The molecule has 0 radical (unpaired) electrons. The Hall–Kier alpha value is -2.18. The lowest BCUT2D eigenvalue weighted by Crippen LogP contribution is -2.32. The van der Waals surface area contributed by atoms with Crippen LogP contribution in [0.25, 0.3) is 11.7 Å². The molecule has 25 heavy (non-hydrogen) atoms. The summed E-state index contributed by atoms with van der Waals surface area (Å²) in [4.78, 5) is 18.2. The Labute approximate surface area is 149 Å². The number of nitrogens with one attached hydrogen (secondary N) is 1. The van der Waals surface area contributed by atoms with E-state index < -0.39 is 5.91 Å². The van der Waals surface area contributed by atoms with Crippen molar-refractivity contribution >= 4 is 17.6 Å². The molecule has 136 valence electrons. The maximum Gasteiger partial charge on any atom is 0.267 e. The maximum absolute atomic E-state index is 11.1. The van der Waals surface area contributed by atoms with Crippen molar-refractivity contribution in [1.29, 1.82) is 0 Å². The van der Waals surface area contributed by atoms with E-state index in [0.717, 1.165) is 36.5 Å². The number of hydrogen-bond donors (Lipinski definition) is 2. The third-order valence-electron chi connectivity index (χ3n) is 4.01. The van der Waals surface area contributed by atoms with Gasteiger partial charge in [-0.3, -0.25) is 14.9 Å². The van der Waals surface area contributed by atoms with Crippen molar-refractivity contribution in [2.45, 2.75) is 41.2 Å². The first-order valence-electron chi connectivity index (χ1n) is 8.55. The molecule has 1 amide bonds. The molecule has 0 aromatic carbocycles. The van der Waals surface area contributed by atoms with Crippen molar-refractivity contribution in [3.63, 3.8) is 0 Å². The van der Waals surface area contributed by atoms with E-state index in [2.05, 4.69) is 42.0 Å². The summed E-state index contributed by atoms with van der Waals surface area (Å²) in [6, 6.07) is 3.86. The molecule has 0 aliphatic heterocycles. The molecular weight excluding hydrogens is 316 g/mol. The minimum absolute atomic E-state index is 0.246. The lowest BCUT2D eigenvalue weighted by Gasteiger charge is -2.29. The number of hydrogen-bond acceptors (Lipinski definition) is 4. The third-order valence-corrected chi connectivity index (χ3v) is 4.01. The normalized spacial score (nSPS) is 12.4. The van der Waals surface area contributed by atoms with Crippen molar-refractivity contribution in [1.82, 2.24) is 19.8 Å². The van der Waals surface area contributed by atoms with E-state index >= 15 is 0 Å². The Morgan fingerprint density at radius 3 is 2.76 bits per heavy atom. The van der Waals surface area contributed by atoms with Crippen molar-refractivity contribution in [2.24, 2.45) is 5.41 Å². The summed E-state index contributed by atoms with van der Waals surface area (Å²) in [5, 5.41) is 8.54. The largest absolute Gasteiger partial charge is 0.302 e. The second kappa shape index (κ2) is 7.80. The lowest BCUT2D eigenvalue weighted by atomic mass is 9.96. The zero-order chi connectivity index (χ0) is 18.6. The van der Waals surface area contributed by atoms with E-state index in [-0.39, 0.29) is 5.41 Å². The summed E-state index contributed by atoms with van der Waals surface area (Å²) >= 11 is 0. The fourth-order valence-electron chi connectivity index (χ4n) is 2.89. The van der Waals surface area contributed by atoms with Crippen LogP contribution in [0.1, 0.15) is 44.6 Å². The Bertz CT molecular complexity index is 772. The summed E-state index contributed by atoms with van der Waals surface area (Å²) < 4.78 is 2.10. The second-order valence-corrected chi connectivity index (χ2v) is 7.51. The first kappa shape index (κ1) is 19.1. The molecular formula is C19H28N4O2. The number of rotatable bonds is 6. The standard InChI is InChI=1S/C19H28N4O2/c1-6-22(13-19(3,4)5)12-16-14(2)20-17-11-15(9-10-23(16)17)7-8-18(24)21-25/h7-11,25H,6,12-13H2,1-5H3,(H,21,24)/b8-7+. The number of fused-ring (bicyclic) bond motifs is 1. The van der Waals surface area contributed by atoms with Crippen LogP contribution >= 0.6 is 0 Å². The topological polar surface area (TPSA) is 69.9 Å². The van der Waals surface area contributed by atoms with E-state index in [4.69, 9.17) is 5.21 Å². The van der Waals surface area contributed by atoms with Gasteiger partial charge < -0.3 is 4.40 Å². The van der Waals surface area contributed by atoms with Crippen molar-refractivity contribution in [2.75, 3.05) is 13.1 Å². The van der Waals surface area contributed by atoms with Crippen LogP contribution in [-0.2, 0) is 11.3 Å². The highest BCUT2D eigenvalue weighted by Gasteiger charge is 2.18. The molecule has 0 atom stereocenters. The first-order valence-corrected chi connectivity index (χ1v) is 8.55.